The van der Waals surface area contributed by atoms with E-state index in [2.05, 4.69) is 40.3 Å². The molecular formula is C37H40N2O9. The molecule has 0 radical (unpaired) electrons. The third-order valence-electron chi connectivity index (χ3n) is 11.9. The van der Waals surface area contributed by atoms with Crippen molar-refractivity contribution in [2.75, 3.05) is 0 Å². The van der Waals surface area contributed by atoms with Crippen LogP contribution in [0.1, 0.15) is 97.6 Å². The van der Waals surface area contributed by atoms with Gasteiger partial charge in [-0.3, -0.25) is 4.79 Å². The first-order valence-corrected chi connectivity index (χ1v) is 16.5. The Kier molecular flexibility index (Phi) is 9.06. The van der Waals surface area contributed by atoms with Gasteiger partial charge in [-0.1, -0.05) is 44.2 Å². The summed E-state index contributed by atoms with van der Waals surface area (Å²) in [5.74, 6) is 0.475. The zero-order valence-electron chi connectivity index (χ0n) is 27.4. The van der Waals surface area contributed by atoms with Gasteiger partial charge in [0.25, 0.3) is 0 Å². The van der Waals surface area contributed by atoms with Gasteiger partial charge in [-0.15, -0.1) is 9.81 Å². The number of esters is 2. The van der Waals surface area contributed by atoms with E-state index < -0.39 is 23.0 Å². The van der Waals surface area contributed by atoms with Gasteiger partial charge >= 0.3 is 11.9 Å². The Balaban J connectivity index is 1.17. The number of carbonyl (C=O) groups is 3. The molecule has 0 heterocycles. The van der Waals surface area contributed by atoms with E-state index in [9.17, 15) is 24.2 Å². The number of ketones is 1. The lowest BCUT2D eigenvalue weighted by Gasteiger charge is -2.58. The van der Waals surface area contributed by atoms with Gasteiger partial charge in [0.15, 0.2) is 22.1 Å². The zero-order valence-corrected chi connectivity index (χ0v) is 27.4. The van der Waals surface area contributed by atoms with Crippen LogP contribution < -0.4 is 0 Å². The third kappa shape index (κ3) is 5.73. The molecule has 2 aromatic carbocycles. The summed E-state index contributed by atoms with van der Waals surface area (Å²) in [7, 11) is 0. The summed E-state index contributed by atoms with van der Waals surface area (Å²) in [5.41, 5.74) is 1.53. The van der Waals surface area contributed by atoms with Crippen LogP contribution in [0.2, 0.25) is 0 Å². The Hall–Kier alpha value is -4.67. The maximum atomic E-state index is 13.5. The van der Waals surface area contributed by atoms with Crippen LogP contribution in [-0.2, 0) is 37.2 Å². The Morgan fingerprint density at radius 2 is 1.38 bits per heavy atom. The van der Waals surface area contributed by atoms with Crippen LogP contribution in [0.3, 0.4) is 0 Å². The number of benzene rings is 2. The molecule has 2 aromatic rings. The lowest BCUT2D eigenvalue weighted by Crippen LogP contribution is -2.58. The molecule has 5 unspecified atom stereocenters. The molecule has 0 amide bonds. The number of Topliss-reactive ketones (excluding diaryl/α,β-unsaturated/α-hetero) is 1. The van der Waals surface area contributed by atoms with Crippen molar-refractivity contribution in [1.82, 2.24) is 0 Å². The Bertz CT molecular complexity index is 1670. The molecule has 2 fully saturated rings. The van der Waals surface area contributed by atoms with Gasteiger partial charge in [0.05, 0.1) is 11.1 Å². The molecule has 6 atom stereocenters. The van der Waals surface area contributed by atoms with Crippen molar-refractivity contribution >= 4 is 17.7 Å². The topological polar surface area (TPSA) is 147 Å². The second-order valence-electron chi connectivity index (χ2n) is 14.0. The Morgan fingerprint density at radius 1 is 0.792 bits per heavy atom. The SMILES string of the molecule is CC(=O)[C@@]1(OC(=O)c2ccc(CON=O)cc2)CCC2C3CC=C4C=C(OC(=O)c5ccc(CON=O)cc5)CCC4(C)C3CCC21C. The highest BCUT2D eigenvalue weighted by atomic mass is 16.7. The highest BCUT2D eigenvalue weighted by molar-refractivity contribution is 5.95. The first-order valence-electron chi connectivity index (χ1n) is 16.5. The minimum atomic E-state index is -1.21. The van der Waals surface area contributed by atoms with Crippen molar-refractivity contribution in [2.45, 2.75) is 84.5 Å². The van der Waals surface area contributed by atoms with Crippen LogP contribution in [0, 0.1) is 38.4 Å². The first-order chi connectivity index (χ1) is 23.0. The molecule has 0 N–H and O–H groups in total. The largest absolute Gasteiger partial charge is 0.447 e. The summed E-state index contributed by atoms with van der Waals surface area (Å²) in [6.45, 7) is 6.04. The number of rotatable bonds is 11. The van der Waals surface area contributed by atoms with E-state index in [1.165, 1.54) is 5.57 Å². The van der Waals surface area contributed by atoms with Crippen molar-refractivity contribution in [2.24, 2.45) is 39.3 Å². The number of hydrogen-bond donors (Lipinski definition) is 0. The smallest absolute Gasteiger partial charge is 0.343 e. The van der Waals surface area contributed by atoms with Gasteiger partial charge in [-0.25, -0.2) is 9.59 Å². The third-order valence-corrected chi connectivity index (χ3v) is 11.9. The second kappa shape index (κ2) is 13.1. The zero-order chi connectivity index (χ0) is 34.1. The van der Waals surface area contributed by atoms with E-state index in [1.54, 1.807) is 55.5 Å². The molecule has 11 nitrogen and oxygen atoms in total. The number of fused-ring (bicyclic) bond motifs is 5. The molecule has 48 heavy (non-hydrogen) atoms. The molecule has 4 aliphatic rings. The average molecular weight is 657 g/mol. The van der Waals surface area contributed by atoms with Crippen LogP contribution in [-0.4, -0.2) is 23.3 Å². The quantitative estimate of drug-likeness (QED) is 0.134. The summed E-state index contributed by atoms with van der Waals surface area (Å²) in [6, 6.07) is 13.3. The fourth-order valence-corrected chi connectivity index (χ4v) is 9.27. The minimum absolute atomic E-state index is 0.00408. The van der Waals surface area contributed by atoms with E-state index in [-0.39, 0.29) is 30.3 Å². The summed E-state index contributed by atoms with van der Waals surface area (Å²) < 4.78 is 12.1. The number of hydrogen-bond acceptors (Lipinski definition) is 11. The molecule has 6 rings (SSSR count). The molecule has 11 heteroatoms. The van der Waals surface area contributed by atoms with Crippen LogP contribution in [0.15, 0.2) is 82.7 Å². The summed E-state index contributed by atoms with van der Waals surface area (Å²) in [6.07, 6.45) is 9.58. The molecule has 0 spiro atoms. The molecular weight excluding hydrogens is 616 g/mol. The standard InChI is InChI=1S/C37H40N2O9/c1-23(40)37(48-34(42)27-10-6-25(7-11-27)22-46-39-44)19-16-32-30-13-12-28-20-29(14-17-35(28,2)31(30)15-18-36(32,37)3)47-33(41)26-8-4-24(5-9-26)21-45-38-43/h4-12,20,30-32H,13-19,21-22H2,1-3H3/t30?,31?,32?,35?,36?,37-/m0/s1. The number of carbonyl (C=O) groups excluding carboxylic acids is 3. The van der Waals surface area contributed by atoms with E-state index in [0.717, 1.165) is 37.7 Å². The van der Waals surface area contributed by atoms with Gasteiger partial charge in [-0.05, 0) is 116 Å². The van der Waals surface area contributed by atoms with Crippen LogP contribution in [0.5, 0.6) is 0 Å². The first kappa shape index (κ1) is 33.2. The highest BCUT2D eigenvalue weighted by Gasteiger charge is 2.67. The minimum Gasteiger partial charge on any atom is -0.447 e. The van der Waals surface area contributed by atoms with Gasteiger partial charge in [-0.2, -0.15) is 0 Å². The van der Waals surface area contributed by atoms with Crippen LogP contribution in [0.4, 0.5) is 0 Å². The van der Waals surface area contributed by atoms with Crippen molar-refractivity contribution < 1.29 is 33.5 Å². The molecule has 0 bridgehead atoms. The van der Waals surface area contributed by atoms with E-state index in [1.807, 2.05) is 6.08 Å². The van der Waals surface area contributed by atoms with E-state index in [0.29, 0.717) is 47.1 Å². The average Bonchev–Trinajstić information content (AvgIpc) is 3.39. The molecule has 252 valence electrons. The Morgan fingerprint density at radius 3 is 1.96 bits per heavy atom. The maximum Gasteiger partial charge on any atom is 0.343 e. The van der Waals surface area contributed by atoms with Crippen molar-refractivity contribution in [3.8, 4) is 0 Å². The molecule has 0 aliphatic heterocycles. The fraction of sp³-hybridized carbons (Fsp3) is 0.486. The normalized spacial score (nSPS) is 30.3. The fourth-order valence-electron chi connectivity index (χ4n) is 9.27. The van der Waals surface area contributed by atoms with Gasteiger partial charge in [0, 0.05) is 11.8 Å². The van der Waals surface area contributed by atoms with E-state index >= 15 is 0 Å². The predicted molar refractivity (Wildman–Crippen MR) is 173 cm³/mol. The van der Waals surface area contributed by atoms with E-state index in [4.69, 9.17) is 9.47 Å². The van der Waals surface area contributed by atoms with Crippen LogP contribution >= 0.6 is 0 Å². The number of nitrogens with zero attached hydrogens (tertiary/aromatic N) is 2. The molecule has 0 aromatic heterocycles. The summed E-state index contributed by atoms with van der Waals surface area (Å²) >= 11 is 0. The van der Waals surface area contributed by atoms with Crippen LogP contribution in [0.25, 0.3) is 0 Å². The number of allylic oxidation sites excluding steroid dienone is 4. The summed E-state index contributed by atoms with van der Waals surface area (Å²) in [4.78, 5) is 69.5. The van der Waals surface area contributed by atoms with Crippen molar-refractivity contribution in [3.05, 3.63) is 104 Å². The second-order valence-corrected chi connectivity index (χ2v) is 14.0. The monoisotopic (exact) mass is 656 g/mol. The molecule has 4 aliphatic carbocycles. The van der Waals surface area contributed by atoms with Gasteiger partial charge in [0.2, 0.25) is 0 Å². The van der Waals surface area contributed by atoms with Crippen molar-refractivity contribution in [1.29, 1.82) is 0 Å². The predicted octanol–water partition coefficient (Wildman–Crippen LogP) is 7.88. The maximum absolute atomic E-state index is 13.5. The lowest BCUT2D eigenvalue weighted by atomic mass is 9.47. The highest BCUT2D eigenvalue weighted by Crippen LogP contribution is 2.68. The molecule has 2 saturated carbocycles. The molecule has 0 saturated heterocycles. The van der Waals surface area contributed by atoms with Gasteiger partial charge < -0.3 is 19.1 Å². The van der Waals surface area contributed by atoms with Gasteiger partial charge in [0.1, 0.15) is 19.0 Å². The Labute approximate surface area is 278 Å². The summed E-state index contributed by atoms with van der Waals surface area (Å²) in [5, 5.41) is 4.80. The van der Waals surface area contributed by atoms with Crippen molar-refractivity contribution in [3.63, 3.8) is 0 Å². The lowest BCUT2D eigenvalue weighted by molar-refractivity contribution is -0.160. The number of ether oxygens (including phenoxy) is 2.